The van der Waals surface area contributed by atoms with Gasteiger partial charge in [0.05, 0.1) is 6.42 Å². The van der Waals surface area contributed by atoms with Crippen LogP contribution in [0.3, 0.4) is 0 Å². The smallest absolute Gasteiger partial charge is 0.226 e. The molecule has 0 fully saturated rings. The molecule has 0 heterocycles. The van der Waals surface area contributed by atoms with Crippen molar-refractivity contribution in [1.82, 2.24) is 4.90 Å². The molecule has 1 aromatic rings. The average molecular weight is 234 g/mol. The lowest BCUT2D eigenvalue weighted by atomic mass is 10.0. The number of rotatable bonds is 5. The molecule has 2 N–H and O–H groups in total. The lowest BCUT2D eigenvalue weighted by Gasteiger charge is -2.20. The van der Waals surface area contributed by atoms with Crippen molar-refractivity contribution in [3.8, 4) is 0 Å². The van der Waals surface area contributed by atoms with Gasteiger partial charge >= 0.3 is 0 Å². The maximum absolute atomic E-state index is 12.0. The van der Waals surface area contributed by atoms with Crippen molar-refractivity contribution < 1.29 is 4.79 Å². The first-order chi connectivity index (χ1) is 8.04. The van der Waals surface area contributed by atoms with Crippen molar-refractivity contribution >= 4 is 5.91 Å². The minimum Gasteiger partial charge on any atom is -0.345 e. The van der Waals surface area contributed by atoms with E-state index in [9.17, 15) is 4.79 Å². The van der Waals surface area contributed by atoms with Crippen LogP contribution >= 0.6 is 0 Å². The summed E-state index contributed by atoms with van der Waals surface area (Å²) < 4.78 is 0. The van der Waals surface area contributed by atoms with Gasteiger partial charge in [0.15, 0.2) is 0 Å². The first kappa shape index (κ1) is 13.7. The third-order valence-electron chi connectivity index (χ3n) is 2.74. The number of hydrogen-bond acceptors (Lipinski definition) is 2. The predicted octanol–water partition coefficient (Wildman–Crippen LogP) is 1.80. The van der Waals surface area contributed by atoms with Crippen LogP contribution in [0.4, 0.5) is 0 Å². The lowest BCUT2D eigenvalue weighted by Crippen LogP contribution is -2.31. The molecule has 0 aliphatic heterocycles. The molecule has 1 rings (SSSR count). The van der Waals surface area contributed by atoms with Crippen molar-refractivity contribution in [2.24, 2.45) is 11.7 Å². The summed E-state index contributed by atoms with van der Waals surface area (Å²) in [4.78, 5) is 13.8. The summed E-state index contributed by atoms with van der Waals surface area (Å²) in [5.41, 5.74) is 7.75. The summed E-state index contributed by atoms with van der Waals surface area (Å²) in [6.45, 7) is 5.50. The Bertz CT molecular complexity index is 374. The van der Waals surface area contributed by atoms with E-state index < -0.39 is 0 Å². The molecule has 0 saturated carbocycles. The van der Waals surface area contributed by atoms with Gasteiger partial charge in [0.1, 0.15) is 0 Å². The van der Waals surface area contributed by atoms with Gasteiger partial charge in [-0.2, -0.15) is 0 Å². The molecule has 0 radical (unpaired) electrons. The number of hydrogen-bond donors (Lipinski definition) is 1. The molecule has 3 nitrogen and oxygen atoms in total. The fourth-order valence-corrected chi connectivity index (χ4v) is 1.88. The van der Waals surface area contributed by atoms with Crippen LogP contribution in [0.15, 0.2) is 24.3 Å². The van der Waals surface area contributed by atoms with Crippen LogP contribution in [0.2, 0.25) is 0 Å². The summed E-state index contributed by atoms with van der Waals surface area (Å²) in [5, 5.41) is 0. The van der Waals surface area contributed by atoms with Gasteiger partial charge in [-0.1, -0.05) is 38.1 Å². The quantitative estimate of drug-likeness (QED) is 0.844. The Morgan fingerprint density at radius 3 is 2.41 bits per heavy atom. The monoisotopic (exact) mass is 234 g/mol. The summed E-state index contributed by atoms with van der Waals surface area (Å²) in [6.07, 6.45) is 0.441. The third-order valence-corrected chi connectivity index (χ3v) is 2.74. The first-order valence-electron chi connectivity index (χ1n) is 6.05. The van der Waals surface area contributed by atoms with Crippen LogP contribution in [-0.4, -0.2) is 24.4 Å². The van der Waals surface area contributed by atoms with Gasteiger partial charge in [0.25, 0.3) is 0 Å². The van der Waals surface area contributed by atoms with Crippen molar-refractivity contribution in [2.45, 2.75) is 26.8 Å². The first-order valence-corrected chi connectivity index (χ1v) is 6.05. The van der Waals surface area contributed by atoms with Crippen molar-refractivity contribution in [3.63, 3.8) is 0 Å². The molecule has 17 heavy (non-hydrogen) atoms. The fraction of sp³-hybridized carbons (Fsp3) is 0.500. The highest BCUT2D eigenvalue weighted by atomic mass is 16.2. The van der Waals surface area contributed by atoms with Gasteiger partial charge in [-0.3, -0.25) is 4.79 Å². The summed E-state index contributed by atoms with van der Waals surface area (Å²) in [7, 11) is 1.85. The van der Waals surface area contributed by atoms with Crippen LogP contribution < -0.4 is 5.73 Å². The largest absolute Gasteiger partial charge is 0.345 e. The second-order valence-corrected chi connectivity index (χ2v) is 4.82. The summed E-state index contributed by atoms with van der Waals surface area (Å²) >= 11 is 0. The topological polar surface area (TPSA) is 46.3 Å². The van der Waals surface area contributed by atoms with Gasteiger partial charge in [0, 0.05) is 20.1 Å². The molecule has 3 heteroatoms. The number of nitrogens with zero attached hydrogens (tertiary/aromatic N) is 1. The third kappa shape index (κ3) is 4.19. The Balaban J connectivity index is 2.67. The highest BCUT2D eigenvalue weighted by molar-refractivity contribution is 5.78. The second-order valence-electron chi connectivity index (χ2n) is 4.82. The van der Waals surface area contributed by atoms with Crippen molar-refractivity contribution in [3.05, 3.63) is 35.4 Å². The summed E-state index contributed by atoms with van der Waals surface area (Å²) in [5.74, 6) is 0.647. The maximum Gasteiger partial charge on any atom is 0.226 e. The zero-order valence-corrected chi connectivity index (χ0v) is 10.9. The number of nitrogens with two attached hydrogens (primary N) is 1. The molecule has 94 valence electrons. The van der Waals surface area contributed by atoms with E-state index in [1.54, 1.807) is 4.90 Å². The van der Waals surface area contributed by atoms with E-state index in [0.717, 1.165) is 17.7 Å². The number of amides is 1. The zero-order valence-electron chi connectivity index (χ0n) is 10.9. The van der Waals surface area contributed by atoms with E-state index in [-0.39, 0.29) is 5.91 Å². The molecule has 1 aromatic carbocycles. The van der Waals surface area contributed by atoms with Gasteiger partial charge in [0.2, 0.25) is 5.91 Å². The fourth-order valence-electron chi connectivity index (χ4n) is 1.88. The molecule has 0 saturated heterocycles. The van der Waals surface area contributed by atoms with Gasteiger partial charge < -0.3 is 10.6 Å². The number of benzene rings is 1. The van der Waals surface area contributed by atoms with Crippen LogP contribution in [0.5, 0.6) is 0 Å². The molecule has 0 aliphatic carbocycles. The van der Waals surface area contributed by atoms with Gasteiger partial charge in [-0.05, 0) is 17.0 Å². The van der Waals surface area contributed by atoms with E-state index in [2.05, 4.69) is 13.8 Å². The average Bonchev–Trinajstić information content (AvgIpc) is 2.28. The molecule has 0 aromatic heterocycles. The van der Waals surface area contributed by atoms with Gasteiger partial charge in [-0.15, -0.1) is 0 Å². The standard InChI is InChI=1S/C14H22N2O/c1-11(2)10-16(3)14(17)8-12-6-4-5-7-13(12)9-15/h4-7,11H,8-10,15H2,1-3H3. The molecular formula is C14H22N2O. The molecule has 0 unspecified atom stereocenters. The van der Waals surface area contributed by atoms with Crippen LogP contribution in [0.25, 0.3) is 0 Å². The Morgan fingerprint density at radius 1 is 1.29 bits per heavy atom. The van der Waals surface area contributed by atoms with Gasteiger partial charge in [-0.25, -0.2) is 0 Å². The van der Waals surface area contributed by atoms with Crippen molar-refractivity contribution in [2.75, 3.05) is 13.6 Å². The Hall–Kier alpha value is -1.35. The second kappa shape index (κ2) is 6.40. The SMILES string of the molecule is CC(C)CN(C)C(=O)Cc1ccccc1CN. The van der Waals surface area contributed by atoms with E-state index in [1.807, 2.05) is 31.3 Å². The zero-order chi connectivity index (χ0) is 12.8. The van der Waals surface area contributed by atoms with Crippen LogP contribution in [0.1, 0.15) is 25.0 Å². The molecular weight excluding hydrogens is 212 g/mol. The molecule has 0 spiro atoms. The molecule has 0 bridgehead atoms. The molecule has 1 amide bonds. The van der Waals surface area contributed by atoms with E-state index in [1.165, 1.54) is 0 Å². The minimum absolute atomic E-state index is 0.152. The number of carbonyl (C=O) groups is 1. The predicted molar refractivity (Wildman–Crippen MR) is 70.5 cm³/mol. The van der Waals surface area contributed by atoms with E-state index >= 15 is 0 Å². The minimum atomic E-state index is 0.152. The normalized spacial score (nSPS) is 10.6. The molecule has 0 aliphatic rings. The van der Waals surface area contributed by atoms with E-state index in [0.29, 0.717) is 18.9 Å². The van der Waals surface area contributed by atoms with E-state index in [4.69, 9.17) is 5.73 Å². The van der Waals surface area contributed by atoms with Crippen LogP contribution in [0, 0.1) is 5.92 Å². The highest BCUT2D eigenvalue weighted by Crippen LogP contribution is 2.10. The molecule has 0 atom stereocenters. The Kier molecular flexibility index (Phi) is 5.16. The summed E-state index contributed by atoms with van der Waals surface area (Å²) in [6, 6.07) is 7.85. The maximum atomic E-state index is 12.0. The van der Waals surface area contributed by atoms with Crippen LogP contribution in [-0.2, 0) is 17.8 Å². The Labute approximate surface area is 104 Å². The number of carbonyl (C=O) groups excluding carboxylic acids is 1. The van der Waals surface area contributed by atoms with Crippen molar-refractivity contribution in [1.29, 1.82) is 0 Å². The highest BCUT2D eigenvalue weighted by Gasteiger charge is 2.12. The Morgan fingerprint density at radius 2 is 1.88 bits per heavy atom. The number of likely N-dealkylation sites (N-methyl/N-ethyl adjacent to an activating group) is 1. The lowest BCUT2D eigenvalue weighted by molar-refractivity contribution is -0.129.